The molecular weight excluding hydrogens is 1160 g/mol. The van der Waals surface area contributed by atoms with Crippen LogP contribution in [0.5, 0.6) is 23.0 Å². The number of nitro groups is 2. The Kier molecular flexibility index (Phi) is 18.8. The first-order valence-electron chi connectivity index (χ1n) is 30.1. The molecule has 472 valence electrons. The van der Waals surface area contributed by atoms with Crippen LogP contribution in [0.25, 0.3) is 12.2 Å². The van der Waals surface area contributed by atoms with Crippen LogP contribution in [-0.4, -0.2) is 65.8 Å². The fraction of sp³-hybridized carbons (Fsp3) is 0.315. The summed E-state index contributed by atoms with van der Waals surface area (Å²) in [7, 11) is 2.90. The van der Waals surface area contributed by atoms with Crippen LogP contribution in [-0.2, 0) is 64.4 Å². The van der Waals surface area contributed by atoms with Gasteiger partial charge >= 0.3 is 17.9 Å². The lowest BCUT2D eigenvalue weighted by Gasteiger charge is -2.47. The Morgan fingerprint density at radius 2 is 1.04 bits per heavy atom. The van der Waals surface area contributed by atoms with Gasteiger partial charge in [0.25, 0.3) is 11.4 Å². The molecule has 0 aromatic heterocycles. The third kappa shape index (κ3) is 12.8. The second-order valence-electron chi connectivity index (χ2n) is 24.4. The molecule has 11 rings (SSSR count). The number of para-hydroxylation sites is 2. The van der Waals surface area contributed by atoms with Gasteiger partial charge in [0.2, 0.25) is 11.4 Å². The third-order valence-corrected chi connectivity index (χ3v) is 17.6. The summed E-state index contributed by atoms with van der Waals surface area (Å²) in [5, 5.41) is 23.5. The molecule has 7 aromatic carbocycles. The number of Topliss-reactive ketones (excluding diaryl/α,β-unsaturated/α-hetero) is 1. The van der Waals surface area contributed by atoms with E-state index in [0.29, 0.717) is 47.9 Å². The average Bonchev–Trinajstić information content (AvgIpc) is 1.57. The minimum atomic E-state index is -0.890. The zero-order chi connectivity index (χ0) is 65.8. The fourth-order valence-corrected chi connectivity index (χ4v) is 12.5. The van der Waals surface area contributed by atoms with Gasteiger partial charge in [-0.15, -0.1) is 0 Å². The van der Waals surface area contributed by atoms with E-state index in [1.54, 1.807) is 50.4 Å². The highest BCUT2D eigenvalue weighted by Crippen LogP contribution is 2.58. The maximum absolute atomic E-state index is 11.8. The maximum atomic E-state index is 11.8. The molecule has 0 N–H and O–H groups in total. The molecule has 4 aliphatic heterocycles. The van der Waals surface area contributed by atoms with Crippen LogP contribution in [0.3, 0.4) is 0 Å². The normalized spacial score (nSPS) is 17.3. The average molecular weight is 1230 g/mol. The van der Waals surface area contributed by atoms with Gasteiger partial charge in [-0.1, -0.05) is 106 Å². The Balaban J connectivity index is 0.000000239. The molecule has 91 heavy (non-hydrogen) atoms. The number of rotatable bonds is 16. The predicted molar refractivity (Wildman–Crippen MR) is 349 cm³/mol. The van der Waals surface area contributed by atoms with Crippen LogP contribution < -0.4 is 28.7 Å². The monoisotopic (exact) mass is 1230 g/mol. The van der Waals surface area contributed by atoms with E-state index in [9.17, 15) is 39.4 Å². The van der Waals surface area contributed by atoms with Gasteiger partial charge in [-0.3, -0.25) is 39.4 Å². The van der Waals surface area contributed by atoms with Crippen molar-refractivity contribution in [2.24, 2.45) is 0 Å². The summed E-state index contributed by atoms with van der Waals surface area (Å²) in [6, 6.07) is 47.1. The first kappa shape index (κ1) is 65.3. The number of carbonyl (C=O) groups is 4. The highest BCUT2D eigenvalue weighted by Gasteiger charge is 2.60. The first-order chi connectivity index (χ1) is 43.2. The summed E-state index contributed by atoms with van der Waals surface area (Å²) in [5.41, 5.74) is 9.01. The van der Waals surface area contributed by atoms with E-state index >= 15 is 0 Å². The zero-order valence-corrected chi connectivity index (χ0v) is 53.4. The Morgan fingerprint density at radius 3 is 1.48 bits per heavy atom. The van der Waals surface area contributed by atoms with E-state index in [1.807, 2.05) is 62.4 Å². The van der Waals surface area contributed by atoms with E-state index in [-0.39, 0.29) is 45.4 Å². The quantitative estimate of drug-likeness (QED) is 0.0289. The molecule has 0 bridgehead atoms. The second kappa shape index (κ2) is 26.2. The van der Waals surface area contributed by atoms with Crippen LogP contribution in [0.15, 0.2) is 158 Å². The molecule has 0 saturated carbocycles. The number of benzene rings is 7. The largest absolute Gasteiger partial charge is 0.497 e. The van der Waals surface area contributed by atoms with Gasteiger partial charge in [0.15, 0.2) is 0 Å². The summed E-state index contributed by atoms with van der Waals surface area (Å²) in [6.07, 6.45) is 8.19. The van der Waals surface area contributed by atoms with Crippen molar-refractivity contribution in [1.82, 2.24) is 0 Å². The van der Waals surface area contributed by atoms with Crippen LogP contribution in [0.4, 0.5) is 22.7 Å². The smallest absolute Gasteiger partial charge is 0.322 e. The minimum Gasteiger partial charge on any atom is -0.497 e. The van der Waals surface area contributed by atoms with E-state index in [2.05, 4.69) is 141 Å². The molecule has 7 aromatic rings. The standard InChI is InChI=1S/C47H44N4O6.C21H24O5.C5H8O3/c1-7-33-25-37(51(54)55)27-35-21-23-47(57-43(33)35)45(5,6)39-13-9-11-15-41(39)49(47)29-32-18-16-31(17-19-32)28-48-40-14-10-8-12-38(40)44(3,4)46(48)22-20-34-26-36(50(52)53)24-30(2)42(34)56-46;1-5-25-19(22)14-20(23)26-18-12-8-16(9-13-18)21(2,3)15-6-10-17(24-4)11-7-15;1-4(6)3-5(7)8-2/h8-27H,7,28-29H2,1-6H3;6-13H,5,14H2,1-4H3;3H2,1-2H3. The van der Waals surface area contributed by atoms with E-state index in [1.165, 1.54) is 19.6 Å². The van der Waals surface area contributed by atoms with E-state index < -0.39 is 46.6 Å². The van der Waals surface area contributed by atoms with Crippen molar-refractivity contribution in [1.29, 1.82) is 0 Å². The molecule has 18 heteroatoms. The Labute approximate surface area is 530 Å². The van der Waals surface area contributed by atoms with Crippen molar-refractivity contribution in [2.45, 2.75) is 129 Å². The van der Waals surface area contributed by atoms with Crippen molar-refractivity contribution < 1.29 is 57.4 Å². The van der Waals surface area contributed by atoms with E-state index in [4.69, 9.17) is 23.7 Å². The number of anilines is 2. The molecular formula is C73H76N4O14. The molecule has 0 aliphatic carbocycles. The Morgan fingerprint density at radius 1 is 0.582 bits per heavy atom. The summed E-state index contributed by atoms with van der Waals surface area (Å²) in [4.78, 5) is 70.7. The molecule has 2 atom stereocenters. The number of nitrogens with zero attached hydrogens (tertiary/aromatic N) is 4. The number of non-ortho nitro benzene ring substituents is 2. The zero-order valence-electron chi connectivity index (χ0n) is 53.4. The number of ketones is 1. The lowest BCUT2D eigenvalue weighted by Crippen LogP contribution is -2.59. The predicted octanol–water partition coefficient (Wildman–Crippen LogP) is 14.6. The van der Waals surface area contributed by atoms with Crippen LogP contribution in [0.2, 0.25) is 0 Å². The number of hydrogen-bond donors (Lipinski definition) is 0. The molecule has 4 heterocycles. The van der Waals surface area contributed by atoms with Gasteiger partial charge in [-0.25, -0.2) is 0 Å². The number of methoxy groups -OCH3 is 2. The Hall–Kier alpha value is -10.1. The molecule has 0 radical (unpaired) electrons. The molecule has 18 nitrogen and oxygen atoms in total. The highest BCUT2D eigenvalue weighted by molar-refractivity contribution is 5.94. The van der Waals surface area contributed by atoms with Gasteiger partial charge < -0.3 is 38.2 Å². The fourth-order valence-electron chi connectivity index (χ4n) is 12.5. The van der Waals surface area contributed by atoms with Gasteiger partial charge in [-0.2, -0.15) is 0 Å². The number of hydrogen-bond acceptors (Lipinski definition) is 16. The maximum Gasteiger partial charge on any atom is 0.322 e. The van der Waals surface area contributed by atoms with Crippen molar-refractivity contribution in [2.75, 3.05) is 30.6 Å². The number of esters is 3. The lowest BCUT2D eigenvalue weighted by atomic mass is 9.76. The Bertz CT molecular complexity index is 4000. The first-order valence-corrected chi connectivity index (χ1v) is 30.1. The highest BCUT2D eigenvalue weighted by atomic mass is 16.6. The van der Waals surface area contributed by atoms with E-state index in [0.717, 1.165) is 56.1 Å². The molecule has 2 unspecified atom stereocenters. The third-order valence-electron chi connectivity index (χ3n) is 17.6. The van der Waals surface area contributed by atoms with Gasteiger partial charge in [0.1, 0.15) is 41.6 Å². The number of aryl methyl sites for hydroxylation is 2. The van der Waals surface area contributed by atoms with Gasteiger partial charge in [0.05, 0.1) is 41.5 Å². The number of nitro benzene ring substituents is 2. The summed E-state index contributed by atoms with van der Waals surface area (Å²) in [5.74, 6) is 0.680. The van der Waals surface area contributed by atoms with Crippen LogP contribution in [0, 0.1) is 27.2 Å². The van der Waals surface area contributed by atoms with Gasteiger partial charge in [0, 0.05) is 70.8 Å². The van der Waals surface area contributed by atoms with Gasteiger partial charge in [-0.05, 0) is 155 Å². The molecule has 2 spiro atoms. The summed E-state index contributed by atoms with van der Waals surface area (Å²) < 4.78 is 33.5. The summed E-state index contributed by atoms with van der Waals surface area (Å²) in [6.45, 7) is 21.3. The van der Waals surface area contributed by atoms with Crippen molar-refractivity contribution >= 4 is 58.6 Å². The molecule has 0 saturated heterocycles. The molecule has 4 aliphatic rings. The second-order valence-corrected chi connectivity index (χ2v) is 24.4. The van der Waals surface area contributed by atoms with Crippen LogP contribution in [0.1, 0.15) is 131 Å². The number of ether oxygens (including phenoxy) is 6. The van der Waals surface area contributed by atoms with Crippen molar-refractivity contribution in [3.63, 3.8) is 0 Å². The SMILES string of the molecule is CCOC(=O)CC(=O)Oc1ccc(C(C)(C)c2ccc(OC)cc2)cc1.CCc1cc([N+](=O)[O-])cc2c1OC1(C=C2)N(Cc2ccc(CN3c4ccccc4C(C)(C)C34C=Cc3cc([N+](=O)[O-])cc(C)c3O4)cc2)c2ccccc2C1(C)C.COC(=O)CC(C)=O. The number of fused-ring (bicyclic) bond motifs is 4. The number of carbonyl (C=O) groups excluding carboxylic acids is 4. The minimum absolute atomic E-state index is 0.0427. The molecule has 0 fully saturated rings. The van der Waals surface area contributed by atoms with Crippen molar-refractivity contribution in [3.05, 3.63) is 234 Å². The van der Waals surface area contributed by atoms with Crippen molar-refractivity contribution in [3.8, 4) is 23.0 Å². The summed E-state index contributed by atoms with van der Waals surface area (Å²) >= 11 is 0. The lowest BCUT2D eigenvalue weighted by molar-refractivity contribution is -0.385. The van der Waals surface area contributed by atoms with Crippen LogP contribution >= 0.6 is 0 Å². The topological polar surface area (TPSA) is 216 Å². The molecule has 0 amide bonds.